The SMILES string of the molecule is CC(C)c1[nH]nc(O[C@@H]2S[C@H](CO)[C@@H](O)[C@H](O)[C@H]2O)c1Cc1ccc(Br)cc1. The van der Waals surface area contributed by atoms with Crippen LogP contribution in [-0.2, 0) is 6.42 Å². The number of ether oxygens (including phenoxy) is 1. The molecule has 28 heavy (non-hydrogen) atoms. The van der Waals surface area contributed by atoms with Gasteiger partial charge in [0.2, 0.25) is 5.88 Å². The topological polar surface area (TPSA) is 119 Å². The Kier molecular flexibility index (Phi) is 7.06. The molecular formula is C19H25BrN2O5S. The zero-order valence-corrected chi connectivity index (χ0v) is 18.0. The summed E-state index contributed by atoms with van der Waals surface area (Å²) < 4.78 is 6.95. The first kappa shape index (κ1) is 21.6. The van der Waals surface area contributed by atoms with Crippen molar-refractivity contribution in [3.63, 3.8) is 0 Å². The predicted octanol–water partition coefficient (Wildman–Crippen LogP) is 1.78. The van der Waals surface area contributed by atoms with Crippen LogP contribution in [0.5, 0.6) is 5.88 Å². The molecule has 1 aromatic carbocycles. The van der Waals surface area contributed by atoms with Crippen molar-refractivity contribution in [2.75, 3.05) is 6.61 Å². The zero-order chi connectivity index (χ0) is 20.4. The van der Waals surface area contributed by atoms with Crippen LogP contribution in [0.1, 0.15) is 36.6 Å². The van der Waals surface area contributed by atoms with Crippen LogP contribution in [0.15, 0.2) is 28.7 Å². The lowest BCUT2D eigenvalue weighted by atomic mass is 9.99. The molecule has 2 aromatic rings. The third-order valence-electron chi connectivity index (χ3n) is 4.81. The monoisotopic (exact) mass is 472 g/mol. The van der Waals surface area contributed by atoms with Gasteiger partial charge in [0.15, 0.2) is 5.44 Å². The molecule has 7 nitrogen and oxygen atoms in total. The van der Waals surface area contributed by atoms with Crippen LogP contribution in [0.25, 0.3) is 0 Å². The second-order valence-electron chi connectivity index (χ2n) is 7.19. The van der Waals surface area contributed by atoms with Gasteiger partial charge in [-0.05, 0) is 23.6 Å². The van der Waals surface area contributed by atoms with Crippen LogP contribution in [0, 0.1) is 0 Å². The third kappa shape index (κ3) is 4.55. The van der Waals surface area contributed by atoms with Crippen LogP contribution in [0.4, 0.5) is 0 Å². The van der Waals surface area contributed by atoms with E-state index in [1.807, 2.05) is 24.3 Å². The minimum absolute atomic E-state index is 0.192. The van der Waals surface area contributed by atoms with E-state index in [1.54, 1.807) is 0 Å². The Morgan fingerprint density at radius 2 is 1.82 bits per heavy atom. The summed E-state index contributed by atoms with van der Waals surface area (Å²) in [6.45, 7) is 3.77. The van der Waals surface area contributed by atoms with Crippen LogP contribution in [0.2, 0.25) is 0 Å². The molecule has 0 saturated carbocycles. The van der Waals surface area contributed by atoms with Crippen molar-refractivity contribution >= 4 is 27.7 Å². The third-order valence-corrected chi connectivity index (χ3v) is 6.76. The molecule has 0 amide bonds. The van der Waals surface area contributed by atoms with Gasteiger partial charge in [0.25, 0.3) is 0 Å². The number of hydrogen-bond acceptors (Lipinski definition) is 7. The lowest BCUT2D eigenvalue weighted by molar-refractivity contribution is -0.0915. The molecular weight excluding hydrogens is 448 g/mol. The molecule has 1 aliphatic heterocycles. The van der Waals surface area contributed by atoms with Crippen molar-refractivity contribution in [1.29, 1.82) is 0 Å². The molecule has 0 radical (unpaired) electrons. The molecule has 1 aromatic heterocycles. The number of H-pyrrole nitrogens is 1. The number of hydrogen-bond donors (Lipinski definition) is 5. The summed E-state index contributed by atoms with van der Waals surface area (Å²) in [7, 11) is 0. The van der Waals surface area contributed by atoms with E-state index in [-0.39, 0.29) is 12.5 Å². The number of benzene rings is 1. The van der Waals surface area contributed by atoms with Gasteiger partial charge in [-0.2, -0.15) is 0 Å². The highest BCUT2D eigenvalue weighted by atomic mass is 79.9. The van der Waals surface area contributed by atoms with E-state index in [9.17, 15) is 20.4 Å². The summed E-state index contributed by atoms with van der Waals surface area (Å²) >= 11 is 4.52. The summed E-state index contributed by atoms with van der Waals surface area (Å²) in [5.74, 6) is 0.542. The highest BCUT2D eigenvalue weighted by Crippen LogP contribution is 2.36. The molecule has 0 bridgehead atoms. The molecule has 0 unspecified atom stereocenters. The van der Waals surface area contributed by atoms with Crippen molar-refractivity contribution in [2.24, 2.45) is 0 Å². The zero-order valence-electron chi connectivity index (χ0n) is 15.6. The maximum Gasteiger partial charge on any atom is 0.237 e. The fourth-order valence-electron chi connectivity index (χ4n) is 3.19. The van der Waals surface area contributed by atoms with Crippen molar-refractivity contribution < 1.29 is 25.2 Å². The molecule has 1 aliphatic rings. The van der Waals surface area contributed by atoms with Gasteiger partial charge >= 0.3 is 0 Å². The highest BCUT2D eigenvalue weighted by Gasteiger charge is 2.44. The summed E-state index contributed by atoms with van der Waals surface area (Å²) in [6, 6.07) is 7.96. The van der Waals surface area contributed by atoms with E-state index in [0.29, 0.717) is 12.3 Å². The van der Waals surface area contributed by atoms with Crippen LogP contribution >= 0.6 is 27.7 Å². The number of aliphatic hydroxyl groups is 4. The Balaban J connectivity index is 1.86. The molecule has 5 atom stereocenters. The second-order valence-corrected chi connectivity index (χ2v) is 9.45. The minimum atomic E-state index is -1.40. The highest BCUT2D eigenvalue weighted by molar-refractivity contribution is 9.10. The standard InChI is InChI=1S/C19H25BrN2O5S/c1-9(2)14-12(7-10-3-5-11(20)6-4-10)18(22-21-14)27-19-17(26)16(25)15(24)13(8-23)28-19/h3-6,9,13,15-17,19,23-26H,7-8H2,1-2H3,(H,21,22)/t13-,15-,16+,17-,19-/m1/s1. The van der Waals surface area contributed by atoms with Gasteiger partial charge in [0.1, 0.15) is 12.2 Å². The number of aromatic nitrogens is 2. The van der Waals surface area contributed by atoms with E-state index in [1.165, 1.54) is 0 Å². The maximum absolute atomic E-state index is 10.3. The fraction of sp³-hybridized carbons (Fsp3) is 0.526. The van der Waals surface area contributed by atoms with Crippen molar-refractivity contribution in [1.82, 2.24) is 10.2 Å². The Labute approximate surface area is 176 Å². The Morgan fingerprint density at radius 1 is 1.14 bits per heavy atom. The number of thioether (sulfide) groups is 1. The first-order chi connectivity index (χ1) is 13.3. The Hall–Kier alpha value is -1.10. The maximum atomic E-state index is 10.3. The van der Waals surface area contributed by atoms with Crippen LogP contribution in [0.3, 0.4) is 0 Å². The lowest BCUT2D eigenvalue weighted by Crippen LogP contribution is -2.55. The van der Waals surface area contributed by atoms with E-state index < -0.39 is 29.0 Å². The smallest absolute Gasteiger partial charge is 0.237 e. The fourth-order valence-corrected chi connectivity index (χ4v) is 4.67. The van der Waals surface area contributed by atoms with E-state index in [4.69, 9.17) is 4.74 Å². The summed E-state index contributed by atoms with van der Waals surface area (Å²) in [4.78, 5) is 0. The Morgan fingerprint density at radius 3 is 2.43 bits per heavy atom. The van der Waals surface area contributed by atoms with E-state index in [2.05, 4.69) is 40.0 Å². The normalized spacial score (nSPS) is 27.9. The Bertz CT molecular complexity index is 783. The van der Waals surface area contributed by atoms with Gasteiger partial charge in [-0.3, -0.25) is 5.10 Å². The van der Waals surface area contributed by atoms with Gasteiger partial charge in [-0.15, -0.1) is 16.9 Å². The molecule has 3 rings (SSSR count). The van der Waals surface area contributed by atoms with E-state index in [0.717, 1.165) is 33.1 Å². The van der Waals surface area contributed by atoms with Crippen LogP contribution in [-0.4, -0.2) is 66.2 Å². The first-order valence-electron chi connectivity index (χ1n) is 9.10. The van der Waals surface area contributed by atoms with Gasteiger partial charge in [0, 0.05) is 22.2 Å². The van der Waals surface area contributed by atoms with Crippen molar-refractivity contribution in [3.05, 3.63) is 45.6 Å². The largest absolute Gasteiger partial charge is 0.459 e. The summed E-state index contributed by atoms with van der Waals surface area (Å²) in [5, 5.41) is 46.5. The van der Waals surface area contributed by atoms with Gasteiger partial charge in [0.05, 0.1) is 18.0 Å². The number of nitrogens with zero attached hydrogens (tertiary/aromatic N) is 1. The average molecular weight is 473 g/mol. The van der Waals surface area contributed by atoms with E-state index >= 15 is 0 Å². The molecule has 154 valence electrons. The molecule has 1 fully saturated rings. The van der Waals surface area contributed by atoms with Crippen molar-refractivity contribution in [3.8, 4) is 5.88 Å². The number of nitrogens with one attached hydrogen (secondary N) is 1. The summed E-state index contributed by atoms with van der Waals surface area (Å²) in [5.41, 5.74) is 2.04. The van der Waals surface area contributed by atoms with Gasteiger partial charge < -0.3 is 25.2 Å². The molecule has 5 N–H and O–H groups in total. The molecule has 0 aliphatic carbocycles. The second kappa shape index (κ2) is 9.15. The first-order valence-corrected chi connectivity index (χ1v) is 10.8. The van der Waals surface area contributed by atoms with Crippen LogP contribution < -0.4 is 4.74 Å². The quantitative estimate of drug-likeness (QED) is 0.434. The average Bonchev–Trinajstić information content (AvgIpc) is 3.06. The summed E-state index contributed by atoms with van der Waals surface area (Å²) in [6.07, 6.45) is -3.34. The number of halogens is 1. The lowest BCUT2D eigenvalue weighted by Gasteiger charge is -2.38. The van der Waals surface area contributed by atoms with Gasteiger partial charge in [-0.25, -0.2) is 0 Å². The minimum Gasteiger partial charge on any atom is -0.459 e. The van der Waals surface area contributed by atoms with Gasteiger partial charge in [-0.1, -0.05) is 41.9 Å². The van der Waals surface area contributed by atoms with Crippen molar-refractivity contribution in [2.45, 2.75) is 55.2 Å². The molecule has 0 spiro atoms. The number of rotatable bonds is 6. The number of aromatic amines is 1. The predicted molar refractivity (Wildman–Crippen MR) is 111 cm³/mol. The molecule has 9 heteroatoms. The molecule has 2 heterocycles. The number of aliphatic hydroxyl groups excluding tert-OH is 4. The molecule has 1 saturated heterocycles.